The molecule has 1 fully saturated rings. The van der Waals surface area contributed by atoms with E-state index in [0.29, 0.717) is 19.8 Å². The molecule has 1 unspecified atom stereocenters. The Morgan fingerprint density at radius 3 is 2.70 bits per heavy atom. The summed E-state index contributed by atoms with van der Waals surface area (Å²) in [4.78, 5) is 14.5. The van der Waals surface area contributed by atoms with Crippen molar-refractivity contribution in [2.45, 2.75) is 19.9 Å². The lowest BCUT2D eigenvalue weighted by molar-refractivity contribution is -0.123. The molecule has 1 N–H and O–H groups in total. The molecule has 0 radical (unpaired) electrons. The zero-order chi connectivity index (χ0) is 18.4. The normalized spacial score (nSPS) is 15.6. The van der Waals surface area contributed by atoms with Crippen LogP contribution in [0, 0.1) is 13.8 Å². The van der Waals surface area contributed by atoms with E-state index < -0.39 is 0 Å². The molecule has 0 spiro atoms. The van der Waals surface area contributed by atoms with Crippen LogP contribution in [0.25, 0.3) is 0 Å². The number of ether oxygens (including phenoxy) is 2. The lowest BCUT2D eigenvalue weighted by Gasteiger charge is -2.33. The molecule has 1 aliphatic rings. The molecule has 2 aromatic rings. The van der Waals surface area contributed by atoms with Gasteiger partial charge in [-0.05, 0) is 43.2 Å². The minimum Gasteiger partial charge on any atom is -0.483 e. The summed E-state index contributed by atoms with van der Waals surface area (Å²) >= 11 is 0. The van der Waals surface area contributed by atoms with Crippen molar-refractivity contribution in [3.63, 3.8) is 0 Å². The number of carbonyl (C=O) groups is 1. The third-order valence-electron chi connectivity index (χ3n) is 4.76. The number of carbonyl (C=O) groups excluding carboxylic acids is 1. The number of nitrogens with zero attached hydrogens (tertiary/aromatic N) is 1. The number of hydrogen-bond donors (Lipinski definition) is 1. The number of rotatable bonds is 7. The largest absolute Gasteiger partial charge is 0.483 e. The Morgan fingerprint density at radius 1 is 1.22 bits per heavy atom. The fourth-order valence-electron chi connectivity index (χ4n) is 3.07. The summed E-state index contributed by atoms with van der Waals surface area (Å²) in [6.07, 6.45) is 1.66. The zero-order valence-corrected chi connectivity index (χ0v) is 16.6. The van der Waals surface area contributed by atoms with Gasteiger partial charge in [0.05, 0.1) is 25.5 Å². The minimum absolute atomic E-state index is 0. The number of benzene rings is 1. The van der Waals surface area contributed by atoms with Crippen LogP contribution in [0.15, 0.2) is 41.0 Å². The van der Waals surface area contributed by atoms with E-state index >= 15 is 0 Å². The van der Waals surface area contributed by atoms with E-state index in [1.54, 1.807) is 6.26 Å². The molecular formula is C20H27ClN2O4. The second kappa shape index (κ2) is 10.3. The van der Waals surface area contributed by atoms with E-state index in [1.165, 1.54) is 0 Å². The number of nitrogens with one attached hydrogen (secondary N) is 1. The fourth-order valence-corrected chi connectivity index (χ4v) is 3.07. The van der Waals surface area contributed by atoms with Gasteiger partial charge in [0.15, 0.2) is 6.61 Å². The predicted molar refractivity (Wildman–Crippen MR) is 106 cm³/mol. The summed E-state index contributed by atoms with van der Waals surface area (Å²) in [7, 11) is 0. The maximum absolute atomic E-state index is 12.3. The third-order valence-corrected chi connectivity index (χ3v) is 4.76. The first-order valence-corrected chi connectivity index (χ1v) is 8.96. The zero-order valence-electron chi connectivity index (χ0n) is 15.8. The Bertz CT molecular complexity index is 715. The summed E-state index contributed by atoms with van der Waals surface area (Å²) in [5.41, 5.74) is 2.20. The second-order valence-electron chi connectivity index (χ2n) is 6.47. The molecule has 2 heterocycles. The Labute approximate surface area is 166 Å². The van der Waals surface area contributed by atoms with Gasteiger partial charge in [-0.1, -0.05) is 12.1 Å². The molecule has 1 atom stereocenters. The van der Waals surface area contributed by atoms with Crippen molar-refractivity contribution < 1.29 is 18.7 Å². The van der Waals surface area contributed by atoms with Crippen molar-refractivity contribution in [2.75, 3.05) is 39.5 Å². The Kier molecular flexibility index (Phi) is 8.16. The molecule has 0 bridgehead atoms. The molecule has 0 aliphatic carbocycles. The topological polar surface area (TPSA) is 63.9 Å². The Hall–Kier alpha value is -2.02. The van der Waals surface area contributed by atoms with E-state index in [9.17, 15) is 4.79 Å². The summed E-state index contributed by atoms with van der Waals surface area (Å²) in [5, 5.41) is 2.97. The first-order chi connectivity index (χ1) is 12.6. The number of amides is 1. The molecule has 0 saturated carbocycles. The number of halogens is 1. The van der Waals surface area contributed by atoms with Crippen molar-refractivity contribution in [1.82, 2.24) is 10.2 Å². The van der Waals surface area contributed by atoms with Crippen LogP contribution in [-0.2, 0) is 9.53 Å². The average molecular weight is 395 g/mol. The SMILES string of the molecule is Cc1cccc(OCC(=O)NCC(c2ccco2)N2CCOCC2)c1C.Cl. The molecule has 1 saturated heterocycles. The van der Waals surface area contributed by atoms with Crippen molar-refractivity contribution in [2.24, 2.45) is 0 Å². The lowest BCUT2D eigenvalue weighted by atomic mass is 10.1. The van der Waals surface area contributed by atoms with Crippen LogP contribution in [0.3, 0.4) is 0 Å². The first-order valence-electron chi connectivity index (χ1n) is 8.96. The average Bonchev–Trinajstić information content (AvgIpc) is 3.18. The summed E-state index contributed by atoms with van der Waals surface area (Å²) < 4.78 is 16.7. The lowest BCUT2D eigenvalue weighted by Crippen LogP contribution is -2.44. The van der Waals surface area contributed by atoms with Crippen molar-refractivity contribution in [3.8, 4) is 5.75 Å². The van der Waals surface area contributed by atoms with E-state index in [4.69, 9.17) is 13.9 Å². The summed E-state index contributed by atoms with van der Waals surface area (Å²) in [5.74, 6) is 1.45. The van der Waals surface area contributed by atoms with Gasteiger partial charge in [0.1, 0.15) is 11.5 Å². The predicted octanol–water partition coefficient (Wildman–Crippen LogP) is 2.89. The maximum atomic E-state index is 12.3. The van der Waals surface area contributed by atoms with Gasteiger partial charge in [0, 0.05) is 19.6 Å². The highest BCUT2D eigenvalue weighted by atomic mass is 35.5. The minimum atomic E-state index is -0.143. The standard InChI is InChI=1S/C20H26N2O4.ClH/c1-15-5-3-6-18(16(15)2)26-14-20(23)21-13-17(19-7-4-10-25-19)22-8-11-24-12-9-22;/h3-7,10,17H,8-9,11-14H2,1-2H3,(H,21,23);1H. The van der Waals surface area contributed by atoms with Crippen LogP contribution in [-0.4, -0.2) is 50.3 Å². The fraction of sp³-hybridized carbons (Fsp3) is 0.450. The third kappa shape index (κ3) is 5.73. The Morgan fingerprint density at radius 2 is 2.00 bits per heavy atom. The maximum Gasteiger partial charge on any atom is 0.258 e. The van der Waals surface area contributed by atoms with Gasteiger partial charge in [-0.25, -0.2) is 0 Å². The van der Waals surface area contributed by atoms with Gasteiger partial charge >= 0.3 is 0 Å². The van der Waals surface area contributed by atoms with Crippen LogP contribution in [0.1, 0.15) is 22.9 Å². The highest BCUT2D eigenvalue weighted by Gasteiger charge is 2.25. The highest BCUT2D eigenvalue weighted by molar-refractivity contribution is 5.85. The molecule has 6 nitrogen and oxygen atoms in total. The van der Waals surface area contributed by atoms with Gasteiger partial charge in [0.2, 0.25) is 0 Å². The van der Waals surface area contributed by atoms with Crippen molar-refractivity contribution in [1.29, 1.82) is 0 Å². The molecule has 1 amide bonds. The van der Waals surface area contributed by atoms with E-state index in [1.807, 2.05) is 44.2 Å². The smallest absolute Gasteiger partial charge is 0.258 e. The van der Waals surface area contributed by atoms with Gasteiger partial charge < -0.3 is 19.2 Å². The molecule has 1 aromatic heterocycles. The van der Waals surface area contributed by atoms with E-state index in [-0.39, 0.29) is 31.0 Å². The summed E-state index contributed by atoms with van der Waals surface area (Å²) in [6.45, 7) is 7.52. The number of morpholine rings is 1. The van der Waals surface area contributed by atoms with Gasteiger partial charge in [-0.3, -0.25) is 9.69 Å². The van der Waals surface area contributed by atoms with E-state index in [2.05, 4.69) is 10.2 Å². The highest BCUT2D eigenvalue weighted by Crippen LogP contribution is 2.22. The van der Waals surface area contributed by atoms with Crippen LogP contribution in [0.5, 0.6) is 5.75 Å². The van der Waals surface area contributed by atoms with Crippen molar-refractivity contribution in [3.05, 3.63) is 53.5 Å². The quantitative estimate of drug-likeness (QED) is 0.782. The summed E-state index contributed by atoms with van der Waals surface area (Å²) in [6, 6.07) is 9.65. The molecule has 7 heteroatoms. The van der Waals surface area contributed by atoms with Gasteiger partial charge in [0.25, 0.3) is 5.91 Å². The number of hydrogen-bond acceptors (Lipinski definition) is 5. The molecule has 148 valence electrons. The second-order valence-corrected chi connectivity index (χ2v) is 6.47. The Balaban J connectivity index is 0.00000261. The van der Waals surface area contributed by atoms with Gasteiger partial charge in [-0.2, -0.15) is 0 Å². The van der Waals surface area contributed by atoms with Crippen molar-refractivity contribution >= 4 is 18.3 Å². The molecule has 3 rings (SSSR count). The molecule has 1 aliphatic heterocycles. The molecule has 27 heavy (non-hydrogen) atoms. The monoisotopic (exact) mass is 394 g/mol. The number of furan rings is 1. The first kappa shape index (κ1) is 21.3. The number of aryl methyl sites for hydroxylation is 1. The van der Waals surface area contributed by atoms with Crippen LogP contribution in [0.2, 0.25) is 0 Å². The van der Waals surface area contributed by atoms with Crippen LogP contribution >= 0.6 is 12.4 Å². The van der Waals surface area contributed by atoms with Crippen LogP contribution < -0.4 is 10.1 Å². The van der Waals surface area contributed by atoms with E-state index in [0.717, 1.165) is 35.7 Å². The van der Waals surface area contributed by atoms with Gasteiger partial charge in [-0.15, -0.1) is 12.4 Å². The molecular weight excluding hydrogens is 368 g/mol. The molecule has 1 aromatic carbocycles. The van der Waals surface area contributed by atoms with Crippen LogP contribution in [0.4, 0.5) is 0 Å².